The van der Waals surface area contributed by atoms with Gasteiger partial charge in [-0.15, -0.1) is 0 Å². The van der Waals surface area contributed by atoms with Crippen molar-refractivity contribution in [3.63, 3.8) is 0 Å². The van der Waals surface area contributed by atoms with Crippen LogP contribution in [0.4, 0.5) is 14.6 Å². The first-order valence-corrected chi connectivity index (χ1v) is 10.3. The number of nitrogens with zero attached hydrogens (tertiary/aromatic N) is 2. The molecule has 0 saturated heterocycles. The first-order chi connectivity index (χ1) is 15.1. The lowest BCUT2D eigenvalue weighted by molar-refractivity contribution is -0.104. The van der Waals surface area contributed by atoms with Gasteiger partial charge in [0.2, 0.25) is 0 Å². The zero-order chi connectivity index (χ0) is 21.4. The summed E-state index contributed by atoms with van der Waals surface area (Å²) in [5.74, 6) is 0.0622. The highest BCUT2D eigenvalue weighted by Gasteiger charge is 2.38. The number of carbonyl (C=O) groups is 1. The molecule has 4 nitrogen and oxygen atoms in total. The summed E-state index contributed by atoms with van der Waals surface area (Å²) in [6, 6.07) is 13.2. The summed E-state index contributed by atoms with van der Waals surface area (Å²) in [6.07, 6.45) is 10.3. The van der Waals surface area contributed by atoms with Gasteiger partial charge in [0.05, 0.1) is 5.69 Å². The van der Waals surface area contributed by atoms with Gasteiger partial charge in [-0.25, -0.2) is 13.5 Å². The summed E-state index contributed by atoms with van der Waals surface area (Å²) < 4.78 is 30.1. The lowest BCUT2D eigenvalue weighted by Gasteiger charge is -2.35. The number of anilines is 1. The Morgan fingerprint density at radius 1 is 1.06 bits per heavy atom. The van der Waals surface area contributed by atoms with Crippen LogP contribution in [0.2, 0.25) is 0 Å². The van der Waals surface area contributed by atoms with Gasteiger partial charge >= 0.3 is 0 Å². The molecule has 1 fully saturated rings. The highest BCUT2D eigenvalue weighted by Crippen LogP contribution is 2.44. The van der Waals surface area contributed by atoms with Crippen molar-refractivity contribution < 1.29 is 13.6 Å². The number of hydrogen-bond acceptors (Lipinski definition) is 3. The highest BCUT2D eigenvalue weighted by molar-refractivity contribution is 5.74. The largest absolute Gasteiger partial charge is 0.365 e. The number of carbonyl (C=O) groups excluding carboxylic acids is 1. The average molecular weight is 417 g/mol. The van der Waals surface area contributed by atoms with Crippen LogP contribution in [0.15, 0.2) is 60.7 Å². The quantitative estimate of drug-likeness (QED) is 0.456. The third-order valence-electron chi connectivity index (χ3n) is 5.93. The maximum atomic E-state index is 14.2. The van der Waals surface area contributed by atoms with Crippen molar-refractivity contribution in [3.05, 3.63) is 94.7 Å². The van der Waals surface area contributed by atoms with Crippen LogP contribution in [0.3, 0.4) is 0 Å². The number of allylic oxidation sites excluding steroid dienone is 2. The molecule has 3 aromatic rings. The van der Waals surface area contributed by atoms with E-state index in [0.717, 1.165) is 41.0 Å². The second kappa shape index (κ2) is 7.61. The Kier molecular flexibility index (Phi) is 4.77. The van der Waals surface area contributed by atoms with Crippen molar-refractivity contribution in [2.75, 3.05) is 5.32 Å². The number of fused-ring (bicyclic) bond motifs is 1. The molecule has 0 spiro atoms. The van der Waals surface area contributed by atoms with E-state index in [0.29, 0.717) is 18.7 Å². The summed E-state index contributed by atoms with van der Waals surface area (Å²) in [5, 5.41) is 8.10. The molecule has 0 bridgehead atoms. The van der Waals surface area contributed by atoms with Crippen molar-refractivity contribution >= 4 is 24.4 Å². The predicted molar refractivity (Wildman–Crippen MR) is 117 cm³/mol. The molecule has 31 heavy (non-hydrogen) atoms. The van der Waals surface area contributed by atoms with Gasteiger partial charge in [-0.2, -0.15) is 5.10 Å². The van der Waals surface area contributed by atoms with E-state index in [2.05, 4.69) is 10.4 Å². The summed E-state index contributed by atoms with van der Waals surface area (Å²) in [4.78, 5) is 10.9. The molecule has 1 heterocycles. The Bertz CT molecular complexity index is 1160. The first-order valence-electron chi connectivity index (χ1n) is 10.3. The monoisotopic (exact) mass is 417 g/mol. The van der Waals surface area contributed by atoms with Crippen LogP contribution in [0.1, 0.15) is 35.2 Å². The normalized spacial score (nSPS) is 17.0. The van der Waals surface area contributed by atoms with Crippen LogP contribution >= 0.6 is 0 Å². The van der Waals surface area contributed by atoms with Crippen LogP contribution in [-0.2, 0) is 16.6 Å². The second-order valence-corrected chi connectivity index (χ2v) is 8.05. The van der Waals surface area contributed by atoms with Crippen LogP contribution in [0, 0.1) is 11.6 Å². The maximum absolute atomic E-state index is 14.2. The fraction of sp³-hybridized carbons (Fsp3) is 0.200. The molecule has 2 aromatic carbocycles. The van der Waals surface area contributed by atoms with E-state index in [1.54, 1.807) is 23.0 Å². The molecule has 2 aliphatic carbocycles. The molecule has 0 radical (unpaired) electrons. The third-order valence-corrected chi connectivity index (χ3v) is 5.93. The third kappa shape index (κ3) is 3.58. The van der Waals surface area contributed by atoms with Gasteiger partial charge in [-0.3, -0.25) is 4.79 Å². The van der Waals surface area contributed by atoms with Gasteiger partial charge in [-0.05, 0) is 54.3 Å². The zero-order valence-electron chi connectivity index (χ0n) is 16.8. The number of halogens is 2. The molecule has 156 valence electrons. The molecule has 0 atom stereocenters. The molecule has 1 aromatic heterocycles. The molecule has 1 N–H and O–H groups in total. The minimum Gasteiger partial charge on any atom is -0.365 e. The van der Waals surface area contributed by atoms with E-state index < -0.39 is 5.41 Å². The SMILES string of the molecule is O=CC=Cn1nc(NC2CC2)c2c1CC(c1cccc(F)c1)(c1cccc(F)c1)C=C2. The Morgan fingerprint density at radius 2 is 1.74 bits per heavy atom. The molecule has 0 aliphatic heterocycles. The standard InChI is InChI=1S/C25H21F2N3O/c26-19-6-1-4-17(14-19)25(18-5-2-7-20(27)15-18)11-10-22-23(16-25)30(12-3-13-31)29-24(22)28-21-8-9-21/h1-7,10-15,21H,8-9,16H2,(H,28,29). The summed E-state index contributed by atoms with van der Waals surface area (Å²) in [6.45, 7) is 0. The molecule has 2 aliphatic rings. The molecule has 5 rings (SSSR count). The fourth-order valence-electron chi connectivity index (χ4n) is 4.24. The highest BCUT2D eigenvalue weighted by atomic mass is 19.1. The van der Waals surface area contributed by atoms with Crippen molar-refractivity contribution in [2.24, 2.45) is 0 Å². The van der Waals surface area contributed by atoms with Gasteiger partial charge < -0.3 is 5.32 Å². The smallest absolute Gasteiger partial charge is 0.156 e. The fourth-order valence-corrected chi connectivity index (χ4v) is 4.24. The van der Waals surface area contributed by atoms with Crippen molar-refractivity contribution in [1.82, 2.24) is 9.78 Å². The minimum absolute atomic E-state index is 0.349. The summed E-state index contributed by atoms with van der Waals surface area (Å²) in [5.41, 5.74) is 2.48. The van der Waals surface area contributed by atoms with E-state index in [1.807, 2.05) is 24.3 Å². The van der Waals surface area contributed by atoms with E-state index in [1.165, 1.54) is 30.3 Å². The van der Waals surface area contributed by atoms with Crippen molar-refractivity contribution in [3.8, 4) is 0 Å². The molecular formula is C25H21F2N3O. The molecular weight excluding hydrogens is 396 g/mol. The van der Waals surface area contributed by atoms with Gasteiger partial charge in [0.15, 0.2) is 5.82 Å². The van der Waals surface area contributed by atoms with E-state index in [-0.39, 0.29) is 11.6 Å². The van der Waals surface area contributed by atoms with Crippen LogP contribution in [0.5, 0.6) is 0 Å². The predicted octanol–water partition coefficient (Wildman–Crippen LogP) is 4.96. The molecule has 6 heteroatoms. The average Bonchev–Trinajstić information content (AvgIpc) is 3.53. The van der Waals surface area contributed by atoms with E-state index >= 15 is 0 Å². The number of rotatable bonds is 6. The number of hydrogen-bond donors (Lipinski definition) is 1. The maximum Gasteiger partial charge on any atom is 0.156 e. The van der Waals surface area contributed by atoms with E-state index in [4.69, 9.17) is 0 Å². The van der Waals surface area contributed by atoms with Gasteiger partial charge in [-0.1, -0.05) is 36.4 Å². The van der Waals surface area contributed by atoms with Crippen LogP contribution in [0.25, 0.3) is 12.3 Å². The van der Waals surface area contributed by atoms with Gasteiger partial charge in [0.25, 0.3) is 0 Å². The van der Waals surface area contributed by atoms with Gasteiger partial charge in [0.1, 0.15) is 17.9 Å². The van der Waals surface area contributed by atoms with E-state index in [9.17, 15) is 13.6 Å². The topological polar surface area (TPSA) is 46.9 Å². The number of benzene rings is 2. The molecule has 0 unspecified atom stereocenters. The zero-order valence-corrected chi connectivity index (χ0v) is 16.8. The Hall–Kier alpha value is -3.54. The van der Waals surface area contributed by atoms with Crippen molar-refractivity contribution in [2.45, 2.75) is 30.7 Å². The van der Waals surface area contributed by atoms with Gasteiger partial charge in [0, 0.05) is 29.6 Å². The Morgan fingerprint density at radius 3 is 2.32 bits per heavy atom. The number of nitrogens with one attached hydrogen (secondary N) is 1. The summed E-state index contributed by atoms with van der Waals surface area (Å²) in [7, 11) is 0. The lowest BCUT2D eigenvalue weighted by atomic mass is 9.68. The Labute approximate surface area is 178 Å². The second-order valence-electron chi connectivity index (χ2n) is 8.05. The molecule has 0 amide bonds. The summed E-state index contributed by atoms with van der Waals surface area (Å²) >= 11 is 0. The number of aldehydes is 1. The van der Waals surface area contributed by atoms with Crippen LogP contribution in [-0.4, -0.2) is 22.1 Å². The van der Waals surface area contributed by atoms with Crippen LogP contribution < -0.4 is 5.32 Å². The molecule has 1 saturated carbocycles. The number of aromatic nitrogens is 2. The first kappa shape index (κ1) is 19.4. The minimum atomic E-state index is -0.777. The Balaban J connectivity index is 1.69. The lowest BCUT2D eigenvalue weighted by Crippen LogP contribution is -2.31. The van der Waals surface area contributed by atoms with Crippen molar-refractivity contribution in [1.29, 1.82) is 0 Å².